The zero-order chi connectivity index (χ0) is 19.5. The molecular formula is C23H16ClNO2S. The molecule has 0 radical (unpaired) electrons. The normalized spacial score (nSPS) is 15.5. The Labute approximate surface area is 172 Å². The standard InChI is InChI=1S/C23H16ClNO2S/c24-20-12-8-17(9-13-20)15-25-22(26)21(28-23(25)27)14-16-6-10-19(11-7-16)18-4-2-1-3-5-18/h1-14H,15H2/b21-14-. The van der Waals surface area contributed by atoms with E-state index in [0.717, 1.165) is 34.0 Å². The Morgan fingerprint density at radius 2 is 1.46 bits per heavy atom. The number of carbonyl (C=O) groups excluding carboxylic acids is 2. The van der Waals surface area contributed by atoms with Crippen molar-refractivity contribution in [3.8, 4) is 11.1 Å². The summed E-state index contributed by atoms with van der Waals surface area (Å²) in [5.74, 6) is -0.267. The Bertz CT molecular complexity index is 1040. The van der Waals surface area contributed by atoms with E-state index >= 15 is 0 Å². The molecular weight excluding hydrogens is 390 g/mol. The Balaban J connectivity index is 1.51. The van der Waals surface area contributed by atoms with Crippen LogP contribution in [-0.4, -0.2) is 16.0 Å². The third-order valence-electron chi connectivity index (χ3n) is 4.44. The van der Waals surface area contributed by atoms with Gasteiger partial charge in [0.15, 0.2) is 0 Å². The molecule has 0 bridgehead atoms. The second kappa shape index (κ2) is 8.05. The lowest BCUT2D eigenvalue weighted by molar-refractivity contribution is -0.123. The van der Waals surface area contributed by atoms with Crippen molar-refractivity contribution in [2.24, 2.45) is 0 Å². The number of amides is 2. The molecule has 1 aliphatic heterocycles. The fourth-order valence-electron chi connectivity index (χ4n) is 2.96. The van der Waals surface area contributed by atoms with Gasteiger partial charge in [-0.1, -0.05) is 78.3 Å². The van der Waals surface area contributed by atoms with Crippen LogP contribution in [0.1, 0.15) is 11.1 Å². The smallest absolute Gasteiger partial charge is 0.268 e. The van der Waals surface area contributed by atoms with Crippen molar-refractivity contribution < 1.29 is 9.59 Å². The molecule has 0 N–H and O–H groups in total. The maximum atomic E-state index is 12.7. The van der Waals surface area contributed by atoms with Crippen molar-refractivity contribution in [3.63, 3.8) is 0 Å². The van der Waals surface area contributed by atoms with Crippen LogP contribution in [0.4, 0.5) is 4.79 Å². The molecule has 1 fully saturated rings. The third-order valence-corrected chi connectivity index (χ3v) is 5.60. The predicted molar refractivity (Wildman–Crippen MR) is 115 cm³/mol. The number of nitrogens with zero attached hydrogens (tertiary/aromatic N) is 1. The largest absolute Gasteiger partial charge is 0.293 e. The molecule has 1 aliphatic rings. The molecule has 0 aliphatic carbocycles. The van der Waals surface area contributed by atoms with Gasteiger partial charge in [-0.2, -0.15) is 0 Å². The second-order valence-corrected chi connectivity index (χ2v) is 7.81. The first-order chi connectivity index (χ1) is 13.6. The van der Waals surface area contributed by atoms with Crippen LogP contribution in [0.25, 0.3) is 17.2 Å². The number of hydrogen-bond acceptors (Lipinski definition) is 3. The van der Waals surface area contributed by atoms with E-state index in [-0.39, 0.29) is 17.7 Å². The van der Waals surface area contributed by atoms with Gasteiger partial charge in [0.05, 0.1) is 11.4 Å². The summed E-state index contributed by atoms with van der Waals surface area (Å²) in [5.41, 5.74) is 3.99. The maximum absolute atomic E-state index is 12.7. The minimum atomic E-state index is -0.267. The summed E-state index contributed by atoms with van der Waals surface area (Å²) >= 11 is 6.86. The molecule has 1 saturated heterocycles. The highest BCUT2D eigenvalue weighted by atomic mass is 35.5. The first-order valence-electron chi connectivity index (χ1n) is 8.75. The van der Waals surface area contributed by atoms with Crippen molar-refractivity contribution in [2.75, 3.05) is 0 Å². The topological polar surface area (TPSA) is 37.4 Å². The van der Waals surface area contributed by atoms with E-state index in [0.29, 0.717) is 9.93 Å². The van der Waals surface area contributed by atoms with Crippen molar-refractivity contribution in [1.82, 2.24) is 4.90 Å². The lowest BCUT2D eigenvalue weighted by Crippen LogP contribution is -2.27. The lowest BCUT2D eigenvalue weighted by Gasteiger charge is -2.12. The molecule has 2 amide bonds. The fraction of sp³-hybridized carbons (Fsp3) is 0.0435. The molecule has 5 heteroatoms. The average molecular weight is 406 g/mol. The SMILES string of the molecule is O=C1S/C(=C\c2ccc(-c3ccccc3)cc2)C(=O)N1Cc1ccc(Cl)cc1. The molecule has 3 aromatic carbocycles. The van der Waals surface area contributed by atoms with Crippen LogP contribution in [0.2, 0.25) is 5.02 Å². The molecule has 0 unspecified atom stereocenters. The molecule has 3 aromatic rings. The van der Waals surface area contributed by atoms with Crippen molar-refractivity contribution in [1.29, 1.82) is 0 Å². The summed E-state index contributed by atoms with van der Waals surface area (Å²) in [5, 5.41) is 0.365. The van der Waals surface area contributed by atoms with E-state index in [1.54, 1.807) is 18.2 Å². The Morgan fingerprint density at radius 3 is 2.14 bits per heavy atom. The summed E-state index contributed by atoms with van der Waals surface area (Å²) in [4.78, 5) is 26.7. The highest BCUT2D eigenvalue weighted by molar-refractivity contribution is 8.18. The van der Waals surface area contributed by atoms with E-state index in [2.05, 4.69) is 12.1 Å². The monoisotopic (exact) mass is 405 g/mol. The second-order valence-electron chi connectivity index (χ2n) is 6.38. The molecule has 1 heterocycles. The predicted octanol–water partition coefficient (Wildman–Crippen LogP) is 6.24. The van der Waals surface area contributed by atoms with Gasteiger partial charge in [0, 0.05) is 5.02 Å². The molecule has 4 rings (SSSR count). The quantitative estimate of drug-likeness (QED) is 0.482. The number of thioether (sulfide) groups is 1. The van der Waals surface area contributed by atoms with E-state index in [1.165, 1.54) is 4.90 Å². The first-order valence-corrected chi connectivity index (χ1v) is 9.95. The maximum Gasteiger partial charge on any atom is 0.293 e. The van der Waals surface area contributed by atoms with Crippen LogP contribution in [0.3, 0.4) is 0 Å². The van der Waals surface area contributed by atoms with Gasteiger partial charge in [-0.05, 0) is 52.2 Å². The Kier molecular flexibility index (Phi) is 5.33. The van der Waals surface area contributed by atoms with Crippen LogP contribution < -0.4 is 0 Å². The van der Waals surface area contributed by atoms with E-state index in [9.17, 15) is 9.59 Å². The lowest BCUT2D eigenvalue weighted by atomic mass is 10.0. The molecule has 0 aromatic heterocycles. The minimum absolute atomic E-state index is 0.242. The molecule has 3 nitrogen and oxygen atoms in total. The number of benzene rings is 3. The number of hydrogen-bond donors (Lipinski definition) is 0. The average Bonchev–Trinajstić information content (AvgIpc) is 2.98. The van der Waals surface area contributed by atoms with Crippen LogP contribution in [0.5, 0.6) is 0 Å². The van der Waals surface area contributed by atoms with Gasteiger partial charge in [0.2, 0.25) is 0 Å². The minimum Gasteiger partial charge on any atom is -0.268 e. The number of imide groups is 1. The highest BCUT2D eigenvalue weighted by Gasteiger charge is 2.34. The number of halogens is 1. The van der Waals surface area contributed by atoms with E-state index < -0.39 is 0 Å². The Morgan fingerprint density at radius 1 is 0.821 bits per heavy atom. The Hall–Kier alpha value is -2.82. The third kappa shape index (κ3) is 4.03. The van der Waals surface area contributed by atoms with Crippen LogP contribution in [0.15, 0.2) is 83.8 Å². The van der Waals surface area contributed by atoms with Crippen LogP contribution >= 0.6 is 23.4 Å². The number of rotatable bonds is 4. The van der Waals surface area contributed by atoms with Crippen molar-refractivity contribution >= 4 is 40.6 Å². The van der Waals surface area contributed by atoms with Gasteiger partial charge in [0.1, 0.15) is 0 Å². The zero-order valence-electron chi connectivity index (χ0n) is 14.8. The summed E-state index contributed by atoms with van der Waals surface area (Å²) in [6, 6.07) is 25.2. The zero-order valence-corrected chi connectivity index (χ0v) is 16.4. The first kappa shape index (κ1) is 18.5. The van der Waals surface area contributed by atoms with E-state index in [1.807, 2.05) is 54.6 Å². The molecule has 138 valence electrons. The van der Waals surface area contributed by atoms with Crippen LogP contribution in [0, 0.1) is 0 Å². The van der Waals surface area contributed by atoms with Crippen LogP contribution in [-0.2, 0) is 11.3 Å². The van der Waals surface area contributed by atoms with Gasteiger partial charge in [0.25, 0.3) is 11.1 Å². The number of carbonyl (C=O) groups is 2. The molecule has 0 saturated carbocycles. The molecule has 0 atom stereocenters. The molecule has 0 spiro atoms. The van der Waals surface area contributed by atoms with Crippen molar-refractivity contribution in [2.45, 2.75) is 6.54 Å². The highest BCUT2D eigenvalue weighted by Crippen LogP contribution is 2.33. The van der Waals surface area contributed by atoms with Gasteiger partial charge in [-0.3, -0.25) is 14.5 Å². The van der Waals surface area contributed by atoms with Gasteiger partial charge in [-0.25, -0.2) is 0 Å². The summed E-state index contributed by atoms with van der Waals surface area (Å²) in [6.07, 6.45) is 1.77. The fourth-order valence-corrected chi connectivity index (χ4v) is 3.93. The van der Waals surface area contributed by atoms with Gasteiger partial charge >= 0.3 is 0 Å². The van der Waals surface area contributed by atoms with Crippen molar-refractivity contribution in [3.05, 3.63) is 99.9 Å². The summed E-state index contributed by atoms with van der Waals surface area (Å²) < 4.78 is 0. The van der Waals surface area contributed by atoms with E-state index in [4.69, 9.17) is 11.6 Å². The van der Waals surface area contributed by atoms with Gasteiger partial charge < -0.3 is 0 Å². The van der Waals surface area contributed by atoms with Gasteiger partial charge in [-0.15, -0.1) is 0 Å². The summed E-state index contributed by atoms with van der Waals surface area (Å²) in [7, 11) is 0. The summed E-state index contributed by atoms with van der Waals surface area (Å²) in [6.45, 7) is 0.242. The molecule has 28 heavy (non-hydrogen) atoms.